The SMILES string of the molecule is C=C(N[C@@H](C(=O)N1C[C@@H](C)C[C@H]1c1nc2c([nH]1)CCc1cc3c(cc1-2)OCC1CC(c2cnc(CN(CC(C)C)C(=O)[C@@H](NCOC)C(C)C)[nH]2)=CC=C31)c1ccccc1)OC. The molecule has 2 amide bonds. The monoisotopic (exact) mass is 842 g/mol. The molecule has 2 aliphatic carbocycles. The van der Waals surface area contributed by atoms with Gasteiger partial charge in [-0.1, -0.05) is 77.1 Å². The lowest BCUT2D eigenvalue weighted by atomic mass is 9.79. The van der Waals surface area contributed by atoms with Gasteiger partial charge in [0.15, 0.2) is 5.88 Å². The van der Waals surface area contributed by atoms with Crippen LogP contribution in [0.2, 0.25) is 0 Å². The number of nitrogens with zero attached hydrogens (tertiary/aromatic N) is 4. The number of imidazole rings is 2. The maximum atomic E-state index is 14.4. The molecule has 1 unspecified atom stereocenters. The molecule has 4 aliphatic rings. The van der Waals surface area contributed by atoms with E-state index in [1.165, 1.54) is 16.7 Å². The average molecular weight is 843 g/mol. The molecule has 328 valence electrons. The molecule has 0 radical (unpaired) electrons. The van der Waals surface area contributed by atoms with Crippen molar-refractivity contribution in [2.45, 2.75) is 85.0 Å². The highest BCUT2D eigenvalue weighted by molar-refractivity contribution is 5.86. The minimum Gasteiger partial charge on any atom is -0.492 e. The first kappa shape index (κ1) is 43.0. The van der Waals surface area contributed by atoms with Crippen LogP contribution in [0.25, 0.3) is 22.4 Å². The summed E-state index contributed by atoms with van der Waals surface area (Å²) in [6, 6.07) is 13.0. The summed E-state index contributed by atoms with van der Waals surface area (Å²) >= 11 is 0. The van der Waals surface area contributed by atoms with Gasteiger partial charge < -0.3 is 39.3 Å². The number of methoxy groups -OCH3 is 2. The number of carbonyl (C=O) groups is 2. The van der Waals surface area contributed by atoms with Crippen LogP contribution in [-0.2, 0) is 38.4 Å². The highest BCUT2D eigenvalue weighted by atomic mass is 16.5. The molecule has 13 nitrogen and oxygen atoms in total. The second-order valence-corrected chi connectivity index (χ2v) is 18.2. The number of ether oxygens (including phenoxy) is 3. The van der Waals surface area contributed by atoms with E-state index in [-0.39, 0.29) is 35.7 Å². The van der Waals surface area contributed by atoms with E-state index in [4.69, 9.17) is 24.2 Å². The molecule has 8 rings (SSSR count). The van der Waals surface area contributed by atoms with Crippen LogP contribution in [0.4, 0.5) is 0 Å². The highest BCUT2D eigenvalue weighted by Crippen LogP contribution is 2.47. The lowest BCUT2D eigenvalue weighted by Gasteiger charge is -2.32. The van der Waals surface area contributed by atoms with Crippen LogP contribution < -0.4 is 15.4 Å². The molecule has 1 fully saturated rings. The number of fused-ring (bicyclic) bond motifs is 6. The number of aryl methyl sites for hydroxylation is 2. The van der Waals surface area contributed by atoms with Crippen molar-refractivity contribution in [3.8, 4) is 17.0 Å². The van der Waals surface area contributed by atoms with Crippen LogP contribution in [0.3, 0.4) is 0 Å². The largest absolute Gasteiger partial charge is 0.492 e. The number of likely N-dealkylation sites (tertiary alicyclic amines) is 1. The number of hydrogen-bond acceptors (Lipinski definition) is 9. The number of carbonyl (C=O) groups excluding carboxylic acids is 2. The molecule has 4 aromatic rings. The van der Waals surface area contributed by atoms with E-state index in [9.17, 15) is 9.59 Å². The number of aromatic amines is 2. The van der Waals surface area contributed by atoms with Crippen molar-refractivity contribution in [3.05, 3.63) is 113 Å². The number of aromatic nitrogens is 4. The Morgan fingerprint density at radius 3 is 2.61 bits per heavy atom. The molecule has 5 atom stereocenters. The van der Waals surface area contributed by atoms with Crippen molar-refractivity contribution in [2.75, 3.05) is 40.6 Å². The molecular weight excluding hydrogens is 781 g/mol. The Morgan fingerprint density at radius 1 is 1.06 bits per heavy atom. The van der Waals surface area contributed by atoms with Gasteiger partial charge in [-0.05, 0) is 84.4 Å². The van der Waals surface area contributed by atoms with Gasteiger partial charge in [-0.2, -0.15) is 0 Å². The van der Waals surface area contributed by atoms with Gasteiger partial charge in [-0.25, -0.2) is 9.97 Å². The molecule has 1 saturated heterocycles. The Labute approximate surface area is 365 Å². The zero-order valence-electron chi connectivity index (χ0n) is 37.2. The Morgan fingerprint density at radius 2 is 1.87 bits per heavy atom. The quantitative estimate of drug-likeness (QED) is 0.0672. The van der Waals surface area contributed by atoms with E-state index >= 15 is 0 Å². The van der Waals surface area contributed by atoms with Gasteiger partial charge in [0.25, 0.3) is 0 Å². The van der Waals surface area contributed by atoms with Crippen LogP contribution in [0.1, 0.15) is 99.3 Å². The molecule has 2 aliphatic heterocycles. The van der Waals surface area contributed by atoms with E-state index in [2.05, 4.69) is 72.2 Å². The van der Waals surface area contributed by atoms with E-state index in [1.807, 2.05) is 60.2 Å². The molecule has 2 aromatic heterocycles. The van der Waals surface area contributed by atoms with Crippen molar-refractivity contribution in [2.24, 2.45) is 23.7 Å². The number of allylic oxidation sites excluding steroid dienone is 3. The number of H-pyrrole nitrogens is 2. The summed E-state index contributed by atoms with van der Waals surface area (Å²) < 4.78 is 17.1. The van der Waals surface area contributed by atoms with Gasteiger partial charge >= 0.3 is 0 Å². The van der Waals surface area contributed by atoms with Gasteiger partial charge in [0.05, 0.1) is 56.7 Å². The Balaban J connectivity index is 1.01. The summed E-state index contributed by atoms with van der Waals surface area (Å²) in [5.41, 5.74) is 9.80. The number of hydrogen-bond donors (Lipinski definition) is 4. The molecule has 0 bridgehead atoms. The molecular formula is C49H62N8O5. The number of nitrogens with one attached hydrogen (secondary N) is 4. The minimum absolute atomic E-state index is 0.0340. The predicted molar refractivity (Wildman–Crippen MR) is 240 cm³/mol. The van der Waals surface area contributed by atoms with Gasteiger partial charge in [0, 0.05) is 42.9 Å². The lowest BCUT2D eigenvalue weighted by Crippen LogP contribution is -2.50. The molecule has 2 aromatic carbocycles. The van der Waals surface area contributed by atoms with Gasteiger partial charge in [-0.3, -0.25) is 14.9 Å². The summed E-state index contributed by atoms with van der Waals surface area (Å²) in [7, 11) is 3.17. The van der Waals surface area contributed by atoms with Gasteiger partial charge in [-0.15, -0.1) is 0 Å². The van der Waals surface area contributed by atoms with Crippen LogP contribution in [0.5, 0.6) is 5.75 Å². The van der Waals surface area contributed by atoms with E-state index in [1.54, 1.807) is 14.2 Å². The number of amides is 2. The Kier molecular flexibility index (Phi) is 12.7. The Hall–Kier alpha value is -5.66. The summed E-state index contributed by atoms with van der Waals surface area (Å²) in [6.07, 6.45) is 9.69. The zero-order valence-corrected chi connectivity index (χ0v) is 37.2. The fraction of sp³-hybridized carbons (Fsp3) is 0.469. The first-order valence-electron chi connectivity index (χ1n) is 22.1. The topological polar surface area (TPSA) is 150 Å². The van der Waals surface area contributed by atoms with Crippen LogP contribution in [-0.4, -0.2) is 88.2 Å². The first-order valence-corrected chi connectivity index (χ1v) is 22.1. The minimum atomic E-state index is -0.638. The highest BCUT2D eigenvalue weighted by Gasteiger charge is 2.41. The molecule has 62 heavy (non-hydrogen) atoms. The fourth-order valence-electron chi connectivity index (χ4n) is 9.57. The lowest BCUT2D eigenvalue weighted by molar-refractivity contribution is -0.136. The third kappa shape index (κ3) is 8.83. The summed E-state index contributed by atoms with van der Waals surface area (Å²) in [6.45, 7) is 17.0. The maximum absolute atomic E-state index is 14.4. The van der Waals surface area contributed by atoms with E-state index in [0.717, 1.165) is 76.9 Å². The fourth-order valence-corrected chi connectivity index (χ4v) is 9.57. The second kappa shape index (κ2) is 18.4. The second-order valence-electron chi connectivity index (χ2n) is 18.2. The number of rotatable bonds is 16. The normalized spacial score (nSPS) is 20.0. The van der Waals surface area contributed by atoms with E-state index in [0.29, 0.717) is 50.7 Å². The number of benzene rings is 2. The van der Waals surface area contributed by atoms with Gasteiger partial charge in [0.1, 0.15) is 23.4 Å². The zero-order chi connectivity index (χ0) is 43.7. The average Bonchev–Trinajstić information content (AvgIpc) is 4.03. The standard InChI is InChI=1S/C49H62N8O5/c1-28(2)23-56(48(58)44(29(3)4)51-27-60-7)25-43-50-22-40(53-43)34-14-16-36-35(19-34)26-62-42-21-37-33(20-38(36)42)15-17-39-46(37)55-47(54-39)41-18-30(5)24-57(41)49(59)45(52-31(6)61-8)32-12-10-9-11-13-32/h9-14,16,20-22,28-30,35,41,44-45,51-52H,6,15,17-19,23-27H2,1-5,7-8H3,(H,50,53)(H,54,55)/t30-,35?,41-,44-,45+/m0/s1. The first-order chi connectivity index (χ1) is 29.9. The van der Waals surface area contributed by atoms with Crippen molar-refractivity contribution in [3.63, 3.8) is 0 Å². The van der Waals surface area contributed by atoms with Crippen molar-refractivity contribution >= 4 is 23.0 Å². The molecule has 4 N–H and O–H groups in total. The van der Waals surface area contributed by atoms with Crippen molar-refractivity contribution in [1.29, 1.82) is 0 Å². The third-order valence-electron chi connectivity index (χ3n) is 12.7. The summed E-state index contributed by atoms with van der Waals surface area (Å²) in [4.78, 5) is 49.2. The van der Waals surface area contributed by atoms with Crippen LogP contribution in [0, 0.1) is 23.7 Å². The molecule has 4 heterocycles. The third-order valence-corrected chi connectivity index (χ3v) is 12.7. The van der Waals surface area contributed by atoms with Crippen molar-refractivity contribution < 1.29 is 23.8 Å². The molecule has 0 saturated carbocycles. The molecule has 13 heteroatoms. The van der Waals surface area contributed by atoms with Gasteiger partial charge in [0.2, 0.25) is 11.8 Å². The van der Waals surface area contributed by atoms with Crippen LogP contribution in [0.15, 0.2) is 73.3 Å². The summed E-state index contributed by atoms with van der Waals surface area (Å²) in [5, 5.41) is 6.47. The van der Waals surface area contributed by atoms with E-state index < -0.39 is 6.04 Å². The smallest absolute Gasteiger partial charge is 0.250 e. The Bertz CT molecular complexity index is 2340. The van der Waals surface area contributed by atoms with Crippen LogP contribution >= 0.6 is 0 Å². The molecule has 0 spiro atoms. The van der Waals surface area contributed by atoms with Crippen molar-refractivity contribution in [1.82, 2.24) is 40.4 Å². The maximum Gasteiger partial charge on any atom is 0.250 e. The summed E-state index contributed by atoms with van der Waals surface area (Å²) in [5.74, 6) is 3.74. The predicted octanol–water partition coefficient (Wildman–Crippen LogP) is 7.34.